The molecule has 0 aliphatic carbocycles. The Bertz CT molecular complexity index is 865. The van der Waals surface area contributed by atoms with Crippen LogP contribution in [0.4, 0.5) is 14.5 Å². The highest BCUT2D eigenvalue weighted by Gasteiger charge is 2.39. The van der Waals surface area contributed by atoms with Crippen LogP contribution in [0.3, 0.4) is 0 Å². The van der Waals surface area contributed by atoms with Crippen molar-refractivity contribution in [2.45, 2.75) is 43.3 Å². The number of sulfonamides is 1. The lowest BCUT2D eigenvalue weighted by molar-refractivity contribution is 0.0257. The molecule has 2 heterocycles. The van der Waals surface area contributed by atoms with Gasteiger partial charge >= 0.3 is 0 Å². The van der Waals surface area contributed by atoms with E-state index in [1.54, 1.807) is 17.0 Å². The van der Waals surface area contributed by atoms with Gasteiger partial charge in [-0.3, -0.25) is 0 Å². The van der Waals surface area contributed by atoms with Crippen LogP contribution >= 0.6 is 0 Å². The standard InChI is InChI=1S/C18H24F2N2O2SSi/c1-26(2,3)12-7-15-13-16(25(23,24)22-9-4-10-22)5-6-17(15)21-11-8-18(19,20)14-21/h5-6,13H,4,8-11,14H2,1-3H3. The van der Waals surface area contributed by atoms with E-state index >= 15 is 0 Å². The molecule has 142 valence electrons. The Hall–Kier alpha value is -1.43. The van der Waals surface area contributed by atoms with E-state index in [1.807, 2.05) is 0 Å². The summed E-state index contributed by atoms with van der Waals surface area (Å²) >= 11 is 0. The van der Waals surface area contributed by atoms with Gasteiger partial charge in [0.1, 0.15) is 8.07 Å². The van der Waals surface area contributed by atoms with E-state index in [0.29, 0.717) is 24.3 Å². The van der Waals surface area contributed by atoms with E-state index < -0.39 is 24.0 Å². The quantitative estimate of drug-likeness (QED) is 0.580. The maximum Gasteiger partial charge on any atom is 0.266 e. The van der Waals surface area contributed by atoms with E-state index in [4.69, 9.17) is 0 Å². The van der Waals surface area contributed by atoms with Gasteiger partial charge in [0.25, 0.3) is 5.92 Å². The van der Waals surface area contributed by atoms with Crippen molar-refractivity contribution in [3.63, 3.8) is 0 Å². The van der Waals surface area contributed by atoms with E-state index in [0.717, 1.165) is 6.42 Å². The normalized spacial score (nSPS) is 20.4. The maximum atomic E-state index is 13.6. The lowest BCUT2D eigenvalue weighted by Gasteiger charge is -2.30. The third-order valence-electron chi connectivity index (χ3n) is 4.50. The van der Waals surface area contributed by atoms with Crippen molar-refractivity contribution in [2.75, 3.05) is 31.1 Å². The molecule has 8 heteroatoms. The highest BCUT2D eigenvalue weighted by molar-refractivity contribution is 7.89. The highest BCUT2D eigenvalue weighted by Crippen LogP contribution is 2.34. The fraction of sp³-hybridized carbons (Fsp3) is 0.556. The van der Waals surface area contributed by atoms with Gasteiger partial charge in [-0.1, -0.05) is 25.6 Å². The maximum absolute atomic E-state index is 13.6. The molecule has 1 aromatic rings. The van der Waals surface area contributed by atoms with Crippen LogP contribution in [0.1, 0.15) is 18.4 Å². The second-order valence-corrected chi connectivity index (χ2v) is 14.7. The topological polar surface area (TPSA) is 40.6 Å². The largest absolute Gasteiger partial charge is 0.364 e. The van der Waals surface area contributed by atoms with Crippen LogP contribution in [-0.4, -0.2) is 52.9 Å². The minimum Gasteiger partial charge on any atom is -0.364 e. The first-order chi connectivity index (χ1) is 12.0. The molecular weight excluding hydrogens is 374 g/mol. The molecule has 2 saturated heterocycles. The summed E-state index contributed by atoms with van der Waals surface area (Å²) in [7, 11) is -5.23. The van der Waals surface area contributed by atoms with Crippen molar-refractivity contribution in [3.05, 3.63) is 23.8 Å². The van der Waals surface area contributed by atoms with Gasteiger partial charge in [0, 0.05) is 31.6 Å². The summed E-state index contributed by atoms with van der Waals surface area (Å²) < 4.78 is 54.0. The molecule has 2 aliphatic rings. The summed E-state index contributed by atoms with van der Waals surface area (Å²) in [6, 6.07) is 4.69. The van der Waals surface area contributed by atoms with Crippen LogP contribution in [0.25, 0.3) is 0 Å². The zero-order valence-electron chi connectivity index (χ0n) is 15.3. The molecule has 0 saturated carbocycles. The van der Waals surface area contributed by atoms with Gasteiger partial charge in [0.15, 0.2) is 0 Å². The first-order valence-corrected chi connectivity index (χ1v) is 13.7. The predicted octanol–water partition coefficient (Wildman–Crippen LogP) is 3.16. The summed E-state index contributed by atoms with van der Waals surface area (Å²) in [5, 5.41) is 0. The van der Waals surface area contributed by atoms with Crippen LogP contribution in [-0.2, 0) is 10.0 Å². The van der Waals surface area contributed by atoms with Gasteiger partial charge < -0.3 is 4.90 Å². The van der Waals surface area contributed by atoms with Gasteiger partial charge in [-0.25, -0.2) is 17.2 Å². The van der Waals surface area contributed by atoms with Gasteiger partial charge in [0.05, 0.1) is 17.1 Å². The fourth-order valence-electron chi connectivity index (χ4n) is 2.92. The number of hydrogen-bond acceptors (Lipinski definition) is 3. The van der Waals surface area contributed by atoms with Crippen molar-refractivity contribution in [1.82, 2.24) is 4.31 Å². The third-order valence-corrected chi connectivity index (χ3v) is 7.27. The Kier molecular flexibility index (Phi) is 4.92. The van der Waals surface area contributed by atoms with Crippen molar-refractivity contribution < 1.29 is 17.2 Å². The molecule has 0 aromatic heterocycles. The van der Waals surface area contributed by atoms with Crippen molar-refractivity contribution in [1.29, 1.82) is 0 Å². The van der Waals surface area contributed by atoms with Gasteiger partial charge in [-0.05, 0) is 24.6 Å². The minimum absolute atomic E-state index is 0.187. The Morgan fingerprint density at radius 3 is 2.35 bits per heavy atom. The fourth-order valence-corrected chi connectivity index (χ4v) is 4.98. The molecule has 0 amide bonds. The van der Waals surface area contributed by atoms with Crippen LogP contribution < -0.4 is 4.90 Å². The Morgan fingerprint density at radius 2 is 1.85 bits per heavy atom. The zero-order chi connectivity index (χ0) is 19.2. The Labute approximate surface area is 155 Å². The molecule has 0 N–H and O–H groups in total. The first-order valence-electron chi connectivity index (χ1n) is 8.78. The van der Waals surface area contributed by atoms with Gasteiger partial charge in [-0.15, -0.1) is 5.54 Å². The van der Waals surface area contributed by atoms with Crippen LogP contribution in [0.5, 0.6) is 0 Å². The number of nitrogens with zero attached hydrogens (tertiary/aromatic N) is 2. The molecule has 3 rings (SSSR count). The van der Waals surface area contributed by atoms with E-state index in [2.05, 4.69) is 31.1 Å². The number of hydrogen-bond donors (Lipinski definition) is 0. The highest BCUT2D eigenvalue weighted by atomic mass is 32.2. The molecule has 0 atom stereocenters. The molecule has 4 nitrogen and oxygen atoms in total. The van der Waals surface area contributed by atoms with Crippen LogP contribution in [0, 0.1) is 11.5 Å². The van der Waals surface area contributed by atoms with E-state index in [-0.39, 0.29) is 24.4 Å². The number of halogens is 2. The number of rotatable bonds is 3. The van der Waals surface area contributed by atoms with Crippen molar-refractivity contribution >= 4 is 23.8 Å². The van der Waals surface area contributed by atoms with Gasteiger partial charge in [-0.2, -0.15) is 4.31 Å². The molecular formula is C18H24F2N2O2SSi. The molecule has 2 aliphatic heterocycles. The molecule has 0 radical (unpaired) electrons. The second kappa shape index (κ2) is 6.62. The smallest absolute Gasteiger partial charge is 0.266 e. The minimum atomic E-state index is -3.53. The summed E-state index contributed by atoms with van der Waals surface area (Å²) in [6.07, 6.45) is 0.671. The number of alkyl halides is 2. The van der Waals surface area contributed by atoms with Crippen molar-refractivity contribution in [2.24, 2.45) is 0 Å². The molecule has 2 fully saturated rings. The third kappa shape index (κ3) is 4.11. The lowest BCUT2D eigenvalue weighted by atomic mass is 10.1. The number of anilines is 1. The van der Waals surface area contributed by atoms with E-state index in [1.165, 1.54) is 10.4 Å². The summed E-state index contributed by atoms with van der Waals surface area (Å²) in [5.41, 5.74) is 4.34. The molecule has 1 aromatic carbocycles. The van der Waals surface area contributed by atoms with Crippen LogP contribution in [0.15, 0.2) is 23.1 Å². The van der Waals surface area contributed by atoms with Gasteiger partial charge in [0.2, 0.25) is 10.0 Å². The van der Waals surface area contributed by atoms with Crippen LogP contribution in [0.2, 0.25) is 19.6 Å². The molecule has 0 bridgehead atoms. The van der Waals surface area contributed by atoms with Crippen molar-refractivity contribution in [3.8, 4) is 11.5 Å². The Balaban J connectivity index is 2.02. The monoisotopic (exact) mass is 398 g/mol. The molecule has 0 unspecified atom stereocenters. The molecule has 26 heavy (non-hydrogen) atoms. The summed E-state index contributed by atoms with van der Waals surface area (Å²) in [6.45, 7) is 7.20. The summed E-state index contributed by atoms with van der Waals surface area (Å²) in [5.74, 6) is 0.371. The zero-order valence-corrected chi connectivity index (χ0v) is 17.2. The summed E-state index contributed by atoms with van der Waals surface area (Å²) in [4.78, 5) is 1.79. The SMILES string of the molecule is C[Si](C)(C)C#Cc1cc(S(=O)(=O)N2CCC2)ccc1N1CCC(F)(F)C1. The second-order valence-electron chi connectivity index (χ2n) is 7.96. The predicted molar refractivity (Wildman–Crippen MR) is 102 cm³/mol. The first kappa shape index (κ1) is 19.3. The lowest BCUT2D eigenvalue weighted by Crippen LogP contribution is -2.41. The molecule has 0 spiro atoms. The average Bonchev–Trinajstić information content (AvgIpc) is 2.81. The number of benzene rings is 1. The Morgan fingerprint density at radius 1 is 1.15 bits per heavy atom. The average molecular weight is 399 g/mol. The van der Waals surface area contributed by atoms with E-state index in [9.17, 15) is 17.2 Å².